The van der Waals surface area contributed by atoms with E-state index in [1.165, 1.54) is 25.7 Å². The highest BCUT2D eigenvalue weighted by Crippen LogP contribution is 2.69. The number of fused-ring (bicyclic) bond motifs is 5. The zero-order chi connectivity index (χ0) is 20.3. The smallest absolute Gasteiger partial charge is 0.0605 e. The Balaban J connectivity index is 1.67. The van der Waals surface area contributed by atoms with Crippen molar-refractivity contribution in [1.82, 2.24) is 0 Å². The van der Waals surface area contributed by atoms with Crippen LogP contribution in [-0.4, -0.2) is 29.0 Å². The minimum absolute atomic E-state index is 0.155. The van der Waals surface area contributed by atoms with Crippen LogP contribution in [0.5, 0.6) is 0 Å². The summed E-state index contributed by atoms with van der Waals surface area (Å²) in [5.41, 5.74) is 6.61. The first-order valence-corrected chi connectivity index (χ1v) is 12.3. The normalized spacial score (nSPS) is 54.5. The maximum atomic E-state index is 11.7. The van der Waals surface area contributed by atoms with E-state index >= 15 is 0 Å². The monoisotopic (exact) mass is 391 g/mol. The van der Waals surface area contributed by atoms with E-state index in [4.69, 9.17) is 5.73 Å². The number of rotatable bonds is 4. The third-order valence-corrected chi connectivity index (χ3v) is 10.8. The van der Waals surface area contributed by atoms with Crippen molar-refractivity contribution < 1.29 is 10.2 Å². The number of aliphatic hydroxyl groups is 2. The third kappa shape index (κ3) is 2.94. The van der Waals surface area contributed by atoms with Gasteiger partial charge in [0.05, 0.1) is 12.2 Å². The van der Waals surface area contributed by atoms with Gasteiger partial charge in [0.1, 0.15) is 0 Å². The van der Waals surface area contributed by atoms with Crippen LogP contribution in [0, 0.1) is 52.3 Å². The van der Waals surface area contributed by atoms with Gasteiger partial charge in [0.2, 0.25) is 0 Å². The minimum Gasteiger partial charge on any atom is -0.393 e. The molecule has 4 N–H and O–H groups in total. The second-order valence-corrected chi connectivity index (χ2v) is 11.7. The highest BCUT2D eigenvalue weighted by molar-refractivity contribution is 5.13. The predicted octanol–water partition coefficient (Wildman–Crippen LogP) is 4.60. The summed E-state index contributed by atoms with van der Waals surface area (Å²) in [6.45, 7) is 10.6. The van der Waals surface area contributed by atoms with Crippen LogP contribution >= 0.6 is 0 Å². The predicted molar refractivity (Wildman–Crippen MR) is 115 cm³/mol. The van der Waals surface area contributed by atoms with Crippen molar-refractivity contribution in [2.45, 2.75) is 97.7 Å². The van der Waals surface area contributed by atoms with Gasteiger partial charge in [0, 0.05) is 0 Å². The lowest BCUT2D eigenvalue weighted by molar-refractivity contribution is -0.203. The molecule has 0 saturated heterocycles. The molecule has 28 heavy (non-hydrogen) atoms. The average Bonchev–Trinajstić information content (AvgIpc) is 3.01. The van der Waals surface area contributed by atoms with E-state index in [0.717, 1.165) is 44.6 Å². The molecule has 0 aromatic rings. The van der Waals surface area contributed by atoms with Gasteiger partial charge in [-0.05, 0) is 110 Å². The fraction of sp³-hybridized carbons (Fsp3) is 1.00. The number of hydrogen-bond donors (Lipinski definition) is 3. The van der Waals surface area contributed by atoms with Gasteiger partial charge >= 0.3 is 0 Å². The van der Waals surface area contributed by atoms with Gasteiger partial charge in [-0.2, -0.15) is 0 Å². The molecule has 0 radical (unpaired) electrons. The van der Waals surface area contributed by atoms with Gasteiger partial charge in [0.15, 0.2) is 0 Å². The minimum atomic E-state index is -0.174. The second-order valence-electron chi connectivity index (χ2n) is 11.7. The van der Waals surface area contributed by atoms with Crippen LogP contribution in [0.3, 0.4) is 0 Å². The Bertz CT molecular complexity index is 567. The molecule has 162 valence electrons. The van der Waals surface area contributed by atoms with Gasteiger partial charge in [-0.15, -0.1) is 0 Å². The van der Waals surface area contributed by atoms with Crippen LogP contribution in [0.2, 0.25) is 0 Å². The van der Waals surface area contributed by atoms with Crippen molar-refractivity contribution in [3.63, 3.8) is 0 Å². The van der Waals surface area contributed by atoms with Crippen molar-refractivity contribution in [1.29, 1.82) is 0 Å². The molecule has 4 aliphatic rings. The molecule has 4 rings (SSSR count). The summed E-state index contributed by atoms with van der Waals surface area (Å²) < 4.78 is 0. The molecule has 4 aliphatic carbocycles. The van der Waals surface area contributed by atoms with Crippen molar-refractivity contribution in [3.8, 4) is 0 Å². The molecule has 0 aliphatic heterocycles. The van der Waals surface area contributed by atoms with Crippen molar-refractivity contribution in [2.75, 3.05) is 6.54 Å². The average molecular weight is 392 g/mol. The van der Waals surface area contributed by atoms with Crippen LogP contribution in [0.4, 0.5) is 0 Å². The molecule has 4 saturated carbocycles. The Hall–Kier alpha value is -0.120. The first-order valence-electron chi connectivity index (χ1n) is 12.3. The Labute approximate surface area is 172 Å². The number of aliphatic hydroxyl groups excluding tert-OH is 2. The lowest BCUT2D eigenvalue weighted by atomic mass is 9.41. The van der Waals surface area contributed by atoms with Crippen LogP contribution in [0.15, 0.2) is 0 Å². The first kappa shape index (κ1) is 21.1. The van der Waals surface area contributed by atoms with Gasteiger partial charge in [-0.1, -0.05) is 34.1 Å². The van der Waals surface area contributed by atoms with E-state index in [1.807, 2.05) is 0 Å². The highest BCUT2D eigenvalue weighted by Gasteiger charge is 2.64. The Kier molecular flexibility index (Phi) is 5.69. The topological polar surface area (TPSA) is 66.5 Å². The molecule has 0 amide bonds. The van der Waals surface area contributed by atoms with E-state index in [0.29, 0.717) is 46.3 Å². The first-order chi connectivity index (χ1) is 13.3. The third-order valence-electron chi connectivity index (χ3n) is 10.8. The Morgan fingerprint density at radius 2 is 1.64 bits per heavy atom. The van der Waals surface area contributed by atoms with Crippen LogP contribution in [-0.2, 0) is 0 Å². The summed E-state index contributed by atoms with van der Waals surface area (Å²) in [6.07, 6.45) is 10.1. The lowest BCUT2D eigenvalue weighted by Gasteiger charge is -2.64. The van der Waals surface area contributed by atoms with Gasteiger partial charge in [-0.25, -0.2) is 0 Å². The summed E-state index contributed by atoms with van der Waals surface area (Å²) in [7, 11) is 0. The summed E-state index contributed by atoms with van der Waals surface area (Å²) >= 11 is 0. The maximum Gasteiger partial charge on any atom is 0.0605 e. The van der Waals surface area contributed by atoms with E-state index in [9.17, 15) is 10.2 Å². The maximum absolute atomic E-state index is 11.7. The lowest BCUT2D eigenvalue weighted by Crippen LogP contribution is -2.62. The zero-order valence-electron chi connectivity index (χ0n) is 18.7. The molecule has 3 nitrogen and oxygen atoms in total. The number of nitrogens with two attached hydrogens (primary N) is 1. The van der Waals surface area contributed by atoms with E-state index in [1.54, 1.807) is 0 Å². The standard InChI is InChI=1S/C25H45NO2/c1-5-17-21-14-16(27)8-11-25(21,4)20-9-12-24(3)18(15(2)10-13-26)6-7-19(24)22(20)23(17)28/h15-23,27-28H,5-14,26H2,1-4H3/t15-,16-,17-,18?,19?,20?,21?,22?,23-,24?,25?/m1/s1. The molecular weight excluding hydrogens is 346 g/mol. The van der Waals surface area contributed by atoms with Crippen molar-refractivity contribution in [2.24, 2.45) is 58.0 Å². The molecule has 11 atom stereocenters. The molecule has 3 heteroatoms. The fourth-order valence-corrected chi connectivity index (χ4v) is 9.40. The van der Waals surface area contributed by atoms with Crippen LogP contribution in [0.1, 0.15) is 85.5 Å². The van der Waals surface area contributed by atoms with Gasteiger partial charge in [-0.3, -0.25) is 0 Å². The van der Waals surface area contributed by atoms with Crippen LogP contribution in [0.25, 0.3) is 0 Å². The molecule has 7 unspecified atom stereocenters. The summed E-state index contributed by atoms with van der Waals surface area (Å²) in [6, 6.07) is 0. The van der Waals surface area contributed by atoms with Crippen LogP contribution < -0.4 is 5.73 Å². The molecule has 4 fully saturated rings. The van der Waals surface area contributed by atoms with Gasteiger partial charge < -0.3 is 15.9 Å². The summed E-state index contributed by atoms with van der Waals surface area (Å²) in [5.74, 6) is 4.12. The van der Waals surface area contributed by atoms with Gasteiger partial charge in [0.25, 0.3) is 0 Å². The van der Waals surface area contributed by atoms with E-state index in [-0.39, 0.29) is 12.2 Å². The molecule has 0 bridgehead atoms. The molecule has 0 heterocycles. The highest BCUT2D eigenvalue weighted by atomic mass is 16.3. The summed E-state index contributed by atoms with van der Waals surface area (Å²) in [5, 5.41) is 22.1. The zero-order valence-corrected chi connectivity index (χ0v) is 18.7. The quantitative estimate of drug-likeness (QED) is 0.656. The molecular formula is C25H45NO2. The molecule has 0 spiro atoms. The van der Waals surface area contributed by atoms with Crippen molar-refractivity contribution >= 4 is 0 Å². The fourth-order valence-electron chi connectivity index (χ4n) is 9.40. The molecule has 0 aromatic carbocycles. The Morgan fingerprint density at radius 3 is 2.32 bits per heavy atom. The van der Waals surface area contributed by atoms with E-state index in [2.05, 4.69) is 27.7 Å². The summed E-state index contributed by atoms with van der Waals surface area (Å²) in [4.78, 5) is 0. The largest absolute Gasteiger partial charge is 0.393 e. The Morgan fingerprint density at radius 1 is 0.964 bits per heavy atom. The SMILES string of the molecule is CC[C@@H]1C2C[C@H](O)CCC2(C)C2CCC3(C)C(CCC3[C@H](C)CCN)C2[C@@H]1O. The van der Waals surface area contributed by atoms with Crippen molar-refractivity contribution in [3.05, 3.63) is 0 Å². The number of hydrogen-bond acceptors (Lipinski definition) is 3. The second kappa shape index (κ2) is 7.54. The van der Waals surface area contributed by atoms with E-state index < -0.39 is 0 Å². The molecule has 0 aromatic heterocycles.